The van der Waals surface area contributed by atoms with E-state index in [9.17, 15) is 19.2 Å². The number of hydrogen-bond acceptors (Lipinski definition) is 6. The van der Waals surface area contributed by atoms with E-state index in [0.29, 0.717) is 18.7 Å². The first-order valence-electron chi connectivity index (χ1n) is 9.49. The Morgan fingerprint density at radius 1 is 1.00 bits per heavy atom. The Labute approximate surface area is 173 Å². The minimum Gasteiger partial charge on any atom is -0.497 e. The maximum absolute atomic E-state index is 12.8. The van der Waals surface area contributed by atoms with Crippen LogP contribution in [0.15, 0.2) is 36.4 Å². The zero-order valence-electron chi connectivity index (χ0n) is 17.0. The number of esters is 1. The lowest BCUT2D eigenvalue weighted by molar-refractivity contribution is 0.0599. The summed E-state index contributed by atoms with van der Waals surface area (Å²) < 4.78 is 9.87. The first-order valence-corrected chi connectivity index (χ1v) is 9.49. The molecule has 0 saturated carbocycles. The van der Waals surface area contributed by atoms with Crippen LogP contribution in [0.3, 0.4) is 0 Å². The molecule has 1 aliphatic heterocycles. The minimum absolute atomic E-state index is 0.128. The molecule has 0 unspecified atom stereocenters. The molecule has 0 radical (unpaired) electrons. The minimum atomic E-state index is -0.634. The molecule has 0 aliphatic carbocycles. The van der Waals surface area contributed by atoms with Crippen LogP contribution in [-0.2, 0) is 4.74 Å². The molecule has 8 nitrogen and oxygen atoms in total. The lowest BCUT2D eigenvalue weighted by Gasteiger charge is -2.12. The largest absolute Gasteiger partial charge is 0.497 e. The maximum atomic E-state index is 12.8. The molecule has 3 rings (SSSR count). The van der Waals surface area contributed by atoms with E-state index in [4.69, 9.17) is 9.47 Å². The first kappa shape index (κ1) is 21.0. The Bertz CT molecular complexity index is 1030. The van der Waals surface area contributed by atoms with Gasteiger partial charge in [-0.2, -0.15) is 0 Å². The second kappa shape index (κ2) is 8.77. The molecule has 0 bridgehead atoms. The lowest BCUT2D eigenvalue weighted by Crippen LogP contribution is -2.30. The third kappa shape index (κ3) is 3.89. The highest BCUT2D eigenvalue weighted by Gasteiger charge is 2.35. The van der Waals surface area contributed by atoms with Crippen molar-refractivity contribution in [3.8, 4) is 5.75 Å². The van der Waals surface area contributed by atoms with Crippen molar-refractivity contribution in [3.63, 3.8) is 0 Å². The van der Waals surface area contributed by atoms with Crippen LogP contribution in [0.5, 0.6) is 5.75 Å². The Hall–Kier alpha value is -3.68. The van der Waals surface area contributed by atoms with E-state index in [0.717, 1.165) is 6.42 Å². The summed E-state index contributed by atoms with van der Waals surface area (Å²) in [5, 5.41) is 2.65. The molecule has 1 aliphatic rings. The second-order valence-electron chi connectivity index (χ2n) is 6.73. The van der Waals surface area contributed by atoms with Gasteiger partial charge >= 0.3 is 5.97 Å². The molecule has 1 N–H and O–H groups in total. The number of fused-ring (bicyclic) bond motifs is 1. The van der Waals surface area contributed by atoms with Crippen molar-refractivity contribution in [2.24, 2.45) is 0 Å². The summed E-state index contributed by atoms with van der Waals surface area (Å²) in [4.78, 5) is 51.1. The molecule has 0 atom stereocenters. The summed E-state index contributed by atoms with van der Waals surface area (Å²) in [7, 11) is 2.70. The smallest absolute Gasteiger partial charge is 0.340 e. The number of hydrogen-bond donors (Lipinski definition) is 1. The van der Waals surface area contributed by atoms with E-state index in [1.165, 1.54) is 49.5 Å². The van der Waals surface area contributed by atoms with Crippen molar-refractivity contribution in [2.75, 3.05) is 26.1 Å². The van der Waals surface area contributed by atoms with Gasteiger partial charge in [-0.05, 0) is 42.8 Å². The molecule has 30 heavy (non-hydrogen) atoms. The van der Waals surface area contributed by atoms with Crippen molar-refractivity contribution in [1.29, 1.82) is 0 Å². The molecule has 1 heterocycles. The maximum Gasteiger partial charge on any atom is 0.340 e. The molecular weight excluding hydrogens is 388 g/mol. The van der Waals surface area contributed by atoms with Crippen molar-refractivity contribution in [1.82, 2.24) is 4.90 Å². The van der Waals surface area contributed by atoms with E-state index in [1.54, 1.807) is 6.07 Å². The number of carbonyl (C=O) groups excluding carboxylic acids is 4. The monoisotopic (exact) mass is 410 g/mol. The number of amides is 3. The van der Waals surface area contributed by atoms with Gasteiger partial charge < -0.3 is 14.8 Å². The van der Waals surface area contributed by atoms with Gasteiger partial charge in [0, 0.05) is 12.1 Å². The van der Waals surface area contributed by atoms with Crippen molar-refractivity contribution < 1.29 is 28.7 Å². The van der Waals surface area contributed by atoms with Gasteiger partial charge in [0.2, 0.25) is 0 Å². The normalized spacial score (nSPS) is 12.6. The standard InChI is InChI=1S/C22H22N2O6/c1-4-5-10-24-20(26)15-8-6-13(11-16(15)21(24)27)19(25)23-18-9-7-14(29-2)12-17(18)22(28)30-3/h6-9,11-12H,4-5,10H2,1-3H3,(H,23,25). The van der Waals surface area contributed by atoms with Crippen LogP contribution in [0.1, 0.15) is 61.2 Å². The predicted octanol–water partition coefficient (Wildman–Crippen LogP) is 3.13. The fourth-order valence-corrected chi connectivity index (χ4v) is 3.18. The zero-order valence-corrected chi connectivity index (χ0v) is 17.0. The summed E-state index contributed by atoms with van der Waals surface area (Å²) in [5.74, 6) is -1.48. The molecule has 0 aromatic heterocycles. The molecule has 0 fully saturated rings. The Morgan fingerprint density at radius 3 is 2.40 bits per heavy atom. The van der Waals surface area contributed by atoms with Gasteiger partial charge in [-0.25, -0.2) is 4.79 Å². The summed E-state index contributed by atoms with van der Waals surface area (Å²) in [6.45, 7) is 2.32. The number of benzene rings is 2. The number of methoxy groups -OCH3 is 2. The highest BCUT2D eigenvalue weighted by molar-refractivity contribution is 6.22. The molecule has 156 valence electrons. The van der Waals surface area contributed by atoms with Gasteiger partial charge in [-0.15, -0.1) is 0 Å². The van der Waals surface area contributed by atoms with Crippen LogP contribution in [0, 0.1) is 0 Å². The number of nitrogens with one attached hydrogen (secondary N) is 1. The van der Waals surface area contributed by atoms with Crippen LogP contribution < -0.4 is 10.1 Å². The van der Waals surface area contributed by atoms with Crippen molar-refractivity contribution >= 4 is 29.4 Å². The predicted molar refractivity (Wildman–Crippen MR) is 109 cm³/mol. The summed E-state index contributed by atoms with van der Waals surface area (Å²) in [5.41, 5.74) is 1.04. The van der Waals surface area contributed by atoms with E-state index >= 15 is 0 Å². The van der Waals surface area contributed by atoms with Gasteiger partial charge in [0.05, 0.1) is 36.6 Å². The molecule has 2 aromatic carbocycles. The van der Waals surface area contributed by atoms with Crippen molar-refractivity contribution in [3.05, 3.63) is 58.7 Å². The second-order valence-corrected chi connectivity index (χ2v) is 6.73. The Morgan fingerprint density at radius 2 is 1.73 bits per heavy atom. The topological polar surface area (TPSA) is 102 Å². The van der Waals surface area contributed by atoms with E-state index in [-0.39, 0.29) is 33.8 Å². The number of unbranched alkanes of at least 4 members (excludes halogenated alkanes) is 1. The van der Waals surface area contributed by atoms with Gasteiger partial charge in [-0.3, -0.25) is 19.3 Å². The molecule has 0 saturated heterocycles. The fourth-order valence-electron chi connectivity index (χ4n) is 3.18. The van der Waals surface area contributed by atoms with Gasteiger partial charge in [0.1, 0.15) is 5.75 Å². The number of imide groups is 1. The Kier molecular flexibility index (Phi) is 6.15. The quantitative estimate of drug-likeness (QED) is 0.556. The van der Waals surface area contributed by atoms with Crippen molar-refractivity contribution in [2.45, 2.75) is 19.8 Å². The average molecular weight is 410 g/mol. The SMILES string of the molecule is CCCCN1C(=O)c2ccc(C(=O)Nc3ccc(OC)cc3C(=O)OC)cc2C1=O. The first-order chi connectivity index (χ1) is 14.4. The number of carbonyl (C=O) groups is 4. The molecule has 0 spiro atoms. The molecule has 3 amide bonds. The summed E-state index contributed by atoms with van der Waals surface area (Å²) in [6.07, 6.45) is 1.57. The van der Waals surface area contributed by atoms with E-state index in [2.05, 4.69) is 5.32 Å². The lowest BCUT2D eigenvalue weighted by atomic mass is 10.0. The summed E-state index contributed by atoms with van der Waals surface area (Å²) in [6, 6.07) is 8.93. The highest BCUT2D eigenvalue weighted by Crippen LogP contribution is 2.26. The number of rotatable bonds is 7. The third-order valence-electron chi connectivity index (χ3n) is 4.85. The average Bonchev–Trinajstić information content (AvgIpc) is 3.01. The number of anilines is 1. The number of ether oxygens (including phenoxy) is 2. The van der Waals surface area contributed by atoms with Crippen LogP contribution in [0.2, 0.25) is 0 Å². The Balaban J connectivity index is 1.87. The van der Waals surface area contributed by atoms with Gasteiger partial charge in [0.15, 0.2) is 0 Å². The van der Waals surface area contributed by atoms with E-state index < -0.39 is 17.8 Å². The fraction of sp³-hybridized carbons (Fsp3) is 0.273. The third-order valence-corrected chi connectivity index (χ3v) is 4.85. The zero-order chi connectivity index (χ0) is 21.8. The molecule has 2 aromatic rings. The highest BCUT2D eigenvalue weighted by atomic mass is 16.5. The van der Waals surface area contributed by atoms with Crippen LogP contribution in [-0.4, -0.2) is 49.4 Å². The van der Waals surface area contributed by atoms with Gasteiger partial charge in [0.25, 0.3) is 17.7 Å². The van der Waals surface area contributed by atoms with Crippen LogP contribution in [0.25, 0.3) is 0 Å². The number of nitrogens with zero attached hydrogens (tertiary/aromatic N) is 1. The van der Waals surface area contributed by atoms with Crippen LogP contribution in [0.4, 0.5) is 5.69 Å². The van der Waals surface area contributed by atoms with Gasteiger partial charge in [-0.1, -0.05) is 13.3 Å². The summed E-state index contributed by atoms with van der Waals surface area (Å²) >= 11 is 0. The molecular formula is C22H22N2O6. The molecule has 8 heteroatoms. The van der Waals surface area contributed by atoms with Crippen LogP contribution >= 0.6 is 0 Å². The van der Waals surface area contributed by atoms with E-state index in [1.807, 2.05) is 6.92 Å².